The smallest absolute Gasteiger partial charge is 0.295 e. The van der Waals surface area contributed by atoms with Crippen molar-refractivity contribution in [2.24, 2.45) is 0 Å². The lowest BCUT2D eigenvalue weighted by molar-refractivity contribution is -0.137. The second-order valence-corrected chi connectivity index (χ2v) is 10.3. The third-order valence-electron chi connectivity index (χ3n) is 4.89. The van der Waals surface area contributed by atoms with E-state index in [-0.39, 0.29) is 22.2 Å². The number of carbonyl (C=O) groups is 1. The Morgan fingerprint density at radius 1 is 1.00 bits per heavy atom. The zero-order valence-electron chi connectivity index (χ0n) is 16.7. The Morgan fingerprint density at radius 3 is 2.30 bits per heavy atom. The van der Waals surface area contributed by atoms with Crippen molar-refractivity contribution in [2.75, 3.05) is 15.4 Å². The lowest BCUT2D eigenvalue weighted by Gasteiger charge is -2.25. The normalized spacial score (nSPS) is 16.8. The van der Waals surface area contributed by atoms with Crippen molar-refractivity contribution in [1.29, 1.82) is 0 Å². The van der Waals surface area contributed by atoms with Gasteiger partial charge in [0.2, 0.25) is 5.91 Å². The molecule has 1 fully saturated rings. The van der Waals surface area contributed by atoms with E-state index in [4.69, 9.17) is 11.6 Å². The molecule has 0 aromatic heterocycles. The van der Waals surface area contributed by atoms with Crippen molar-refractivity contribution in [3.8, 4) is 0 Å². The molecule has 4 rings (SSSR count). The van der Waals surface area contributed by atoms with Crippen molar-refractivity contribution in [3.63, 3.8) is 0 Å². The molecule has 0 radical (unpaired) electrons. The fourth-order valence-corrected chi connectivity index (χ4v) is 5.69. The van der Waals surface area contributed by atoms with Gasteiger partial charge in [-0.25, -0.2) is 8.42 Å². The lowest BCUT2D eigenvalue weighted by atomic mass is 10.1. The monoisotopic (exact) mass is 512 g/mol. The van der Waals surface area contributed by atoms with Crippen LogP contribution < -0.4 is 9.62 Å². The van der Waals surface area contributed by atoms with E-state index in [1.54, 1.807) is 24.3 Å². The van der Waals surface area contributed by atoms with E-state index in [9.17, 15) is 26.4 Å². The largest absolute Gasteiger partial charge is 0.416 e. The van der Waals surface area contributed by atoms with Gasteiger partial charge in [0.1, 0.15) is 5.37 Å². The Morgan fingerprint density at radius 2 is 1.67 bits per heavy atom. The average Bonchev–Trinajstić information content (AvgIpc) is 3.15. The summed E-state index contributed by atoms with van der Waals surface area (Å²) >= 11 is 7.12. The summed E-state index contributed by atoms with van der Waals surface area (Å²) in [5.74, 6) is -0.108. The molecule has 1 atom stereocenters. The average molecular weight is 513 g/mol. The minimum Gasteiger partial charge on any atom is -0.295 e. The predicted molar refractivity (Wildman–Crippen MR) is 123 cm³/mol. The van der Waals surface area contributed by atoms with Crippen LogP contribution in [-0.4, -0.2) is 20.1 Å². The Balaban J connectivity index is 1.60. The molecule has 3 aromatic rings. The van der Waals surface area contributed by atoms with Gasteiger partial charge in [-0.2, -0.15) is 13.2 Å². The summed E-state index contributed by atoms with van der Waals surface area (Å²) in [6.45, 7) is 0. The fraction of sp³-hybridized carbons (Fsp3) is 0.136. The molecule has 3 aromatic carbocycles. The molecule has 0 spiro atoms. The zero-order chi connectivity index (χ0) is 23.8. The number of halogens is 4. The molecular formula is C22H16ClF3N2O3S2. The first-order valence-electron chi connectivity index (χ1n) is 9.54. The molecule has 1 unspecified atom stereocenters. The van der Waals surface area contributed by atoms with Crippen molar-refractivity contribution in [2.45, 2.75) is 16.4 Å². The molecule has 33 heavy (non-hydrogen) atoms. The number of nitrogens with one attached hydrogen (secondary N) is 1. The Kier molecular flexibility index (Phi) is 6.35. The van der Waals surface area contributed by atoms with Crippen LogP contribution in [0.4, 0.5) is 24.5 Å². The Bertz CT molecular complexity index is 1280. The number of nitrogens with zero attached hydrogens (tertiary/aromatic N) is 1. The summed E-state index contributed by atoms with van der Waals surface area (Å²) < 4.78 is 66.5. The van der Waals surface area contributed by atoms with Crippen molar-refractivity contribution in [1.82, 2.24) is 0 Å². The maximum atomic E-state index is 12.9. The first-order valence-corrected chi connectivity index (χ1v) is 12.4. The van der Waals surface area contributed by atoms with E-state index < -0.39 is 27.1 Å². The van der Waals surface area contributed by atoms with Crippen LogP contribution in [0, 0.1) is 0 Å². The van der Waals surface area contributed by atoms with Crippen LogP contribution >= 0.6 is 23.4 Å². The summed E-state index contributed by atoms with van der Waals surface area (Å²) in [7, 11) is -3.87. The molecule has 1 amide bonds. The number of benzene rings is 3. The van der Waals surface area contributed by atoms with E-state index in [2.05, 4.69) is 4.72 Å². The van der Waals surface area contributed by atoms with Crippen molar-refractivity contribution < 1.29 is 26.4 Å². The summed E-state index contributed by atoms with van der Waals surface area (Å²) in [6.07, 6.45) is -4.47. The van der Waals surface area contributed by atoms with Crippen molar-refractivity contribution >= 4 is 50.7 Å². The maximum Gasteiger partial charge on any atom is 0.416 e. The van der Waals surface area contributed by atoms with Gasteiger partial charge in [0.25, 0.3) is 10.0 Å². The van der Waals surface area contributed by atoms with Gasteiger partial charge in [0.15, 0.2) is 0 Å². The van der Waals surface area contributed by atoms with Crippen LogP contribution in [0.5, 0.6) is 0 Å². The highest BCUT2D eigenvalue weighted by Gasteiger charge is 2.35. The molecule has 11 heteroatoms. The maximum absolute atomic E-state index is 12.9. The molecule has 172 valence electrons. The third kappa shape index (κ3) is 5.13. The van der Waals surface area contributed by atoms with Gasteiger partial charge < -0.3 is 0 Å². The molecule has 1 aliphatic heterocycles. The predicted octanol–water partition coefficient (Wildman–Crippen LogP) is 5.94. The second-order valence-electron chi connectivity index (χ2n) is 7.16. The number of thioether (sulfide) groups is 1. The number of amides is 1. The Labute approximate surface area is 197 Å². The summed E-state index contributed by atoms with van der Waals surface area (Å²) in [4.78, 5) is 14.0. The SMILES string of the molecule is O=C1CSC(c2cccc(NS(=O)(=O)c3ccc(Cl)cc3)c2)N1c1ccc(C(F)(F)F)cc1. The fourth-order valence-electron chi connectivity index (χ4n) is 3.34. The standard InChI is InChI=1S/C22H16ClF3N2O3S2/c23-16-6-10-19(11-7-16)33(30,31)27-17-3-1-2-14(12-17)21-28(20(29)13-32-21)18-8-4-15(5-9-18)22(24,25)26/h1-12,21,27H,13H2. The molecular weight excluding hydrogens is 497 g/mol. The van der Waals surface area contributed by atoms with Crippen LogP contribution in [0.1, 0.15) is 16.5 Å². The minimum atomic E-state index is -4.47. The minimum absolute atomic E-state index is 0.0362. The molecule has 1 saturated heterocycles. The number of carbonyl (C=O) groups excluding carboxylic acids is 1. The van der Waals surface area contributed by atoms with Gasteiger partial charge in [-0.3, -0.25) is 14.4 Å². The molecule has 1 N–H and O–H groups in total. The lowest BCUT2D eigenvalue weighted by Crippen LogP contribution is -2.28. The van der Waals surface area contributed by atoms with Gasteiger partial charge in [-0.05, 0) is 66.2 Å². The van der Waals surface area contributed by atoms with E-state index in [0.717, 1.165) is 12.1 Å². The van der Waals surface area contributed by atoms with Crippen LogP contribution in [-0.2, 0) is 21.0 Å². The molecule has 1 heterocycles. The van der Waals surface area contributed by atoms with E-state index >= 15 is 0 Å². The van der Waals surface area contributed by atoms with Gasteiger partial charge in [-0.15, -0.1) is 11.8 Å². The van der Waals surface area contributed by atoms with Crippen LogP contribution in [0.15, 0.2) is 77.7 Å². The van der Waals surface area contributed by atoms with E-state index in [0.29, 0.717) is 16.3 Å². The summed E-state index contributed by atoms with van der Waals surface area (Å²) in [5, 5.41) is -0.114. The van der Waals surface area contributed by atoms with E-state index in [1.165, 1.54) is 53.1 Å². The number of rotatable bonds is 5. The highest BCUT2D eigenvalue weighted by molar-refractivity contribution is 8.00. The van der Waals surface area contributed by atoms with Crippen LogP contribution in [0.25, 0.3) is 0 Å². The Hall–Kier alpha value is -2.69. The van der Waals surface area contributed by atoms with Gasteiger partial charge in [0.05, 0.1) is 16.2 Å². The molecule has 0 saturated carbocycles. The summed E-state index contributed by atoms with van der Waals surface area (Å²) in [6, 6.07) is 16.6. The molecule has 1 aliphatic rings. The topological polar surface area (TPSA) is 66.5 Å². The summed E-state index contributed by atoms with van der Waals surface area (Å²) in [5.41, 5.74) is 0.438. The number of anilines is 2. The van der Waals surface area contributed by atoms with Gasteiger partial charge in [-0.1, -0.05) is 23.7 Å². The molecule has 0 aliphatic carbocycles. The van der Waals surface area contributed by atoms with Gasteiger partial charge in [0, 0.05) is 16.4 Å². The number of sulfonamides is 1. The first kappa shape index (κ1) is 23.5. The quantitative estimate of drug-likeness (QED) is 0.459. The van der Waals surface area contributed by atoms with Crippen molar-refractivity contribution in [3.05, 3.63) is 88.9 Å². The highest BCUT2D eigenvalue weighted by Crippen LogP contribution is 2.43. The van der Waals surface area contributed by atoms with Gasteiger partial charge >= 0.3 is 6.18 Å². The van der Waals surface area contributed by atoms with Crippen LogP contribution in [0.3, 0.4) is 0 Å². The second kappa shape index (κ2) is 8.92. The number of alkyl halides is 3. The number of hydrogen-bond donors (Lipinski definition) is 1. The molecule has 5 nitrogen and oxygen atoms in total. The number of hydrogen-bond acceptors (Lipinski definition) is 4. The zero-order valence-corrected chi connectivity index (χ0v) is 19.1. The first-order chi connectivity index (χ1) is 15.5. The van der Waals surface area contributed by atoms with Crippen LogP contribution in [0.2, 0.25) is 5.02 Å². The van der Waals surface area contributed by atoms with E-state index in [1.807, 2.05) is 0 Å². The highest BCUT2D eigenvalue weighted by atomic mass is 35.5. The molecule has 0 bridgehead atoms. The third-order valence-corrected chi connectivity index (χ3v) is 7.75.